The summed E-state index contributed by atoms with van der Waals surface area (Å²) in [7, 11) is 1.55. The molecule has 0 aliphatic rings. The zero-order valence-electron chi connectivity index (χ0n) is 9.58. The van der Waals surface area contributed by atoms with Crippen LogP contribution in [0.4, 0.5) is 17.2 Å². The number of anilines is 3. The molecule has 0 bridgehead atoms. The summed E-state index contributed by atoms with van der Waals surface area (Å²) in [6.07, 6.45) is 1.53. The SMILES string of the molecule is COc1cc(Nc2ncc(N)cc2Cl)ccc1Cl. The molecular formula is C12H11Cl2N3O. The lowest BCUT2D eigenvalue weighted by atomic mass is 10.3. The topological polar surface area (TPSA) is 60.2 Å². The second-order valence-corrected chi connectivity index (χ2v) is 4.39. The maximum absolute atomic E-state index is 6.02. The summed E-state index contributed by atoms with van der Waals surface area (Å²) in [5, 5.41) is 4.05. The number of hydrogen-bond donors (Lipinski definition) is 2. The van der Waals surface area contributed by atoms with E-state index in [-0.39, 0.29) is 0 Å². The van der Waals surface area contributed by atoms with E-state index < -0.39 is 0 Å². The van der Waals surface area contributed by atoms with Gasteiger partial charge in [-0.05, 0) is 18.2 Å². The number of benzene rings is 1. The fourth-order valence-electron chi connectivity index (χ4n) is 1.42. The van der Waals surface area contributed by atoms with Crippen molar-refractivity contribution in [2.24, 2.45) is 0 Å². The van der Waals surface area contributed by atoms with Gasteiger partial charge in [0.05, 0.1) is 29.0 Å². The number of aromatic nitrogens is 1. The molecule has 3 N–H and O–H groups in total. The Labute approximate surface area is 115 Å². The van der Waals surface area contributed by atoms with Gasteiger partial charge in [0.2, 0.25) is 0 Å². The van der Waals surface area contributed by atoms with Gasteiger partial charge >= 0.3 is 0 Å². The summed E-state index contributed by atoms with van der Waals surface area (Å²) in [4.78, 5) is 4.11. The molecule has 0 aliphatic carbocycles. The van der Waals surface area contributed by atoms with E-state index >= 15 is 0 Å². The Morgan fingerprint density at radius 3 is 2.67 bits per heavy atom. The standard InChI is InChI=1S/C12H11Cl2N3O/c1-18-11-5-8(2-3-9(11)13)17-12-10(14)4-7(15)6-16-12/h2-6H,15H2,1H3,(H,16,17). The average molecular weight is 284 g/mol. The van der Waals surface area contributed by atoms with Gasteiger partial charge in [-0.15, -0.1) is 0 Å². The Balaban J connectivity index is 2.28. The molecule has 94 valence electrons. The van der Waals surface area contributed by atoms with Crippen LogP contribution < -0.4 is 15.8 Å². The van der Waals surface area contributed by atoms with Crippen molar-refractivity contribution in [2.45, 2.75) is 0 Å². The summed E-state index contributed by atoms with van der Waals surface area (Å²) in [5.41, 5.74) is 6.86. The van der Waals surface area contributed by atoms with Crippen molar-refractivity contribution >= 4 is 40.4 Å². The Hall–Kier alpha value is -1.65. The van der Waals surface area contributed by atoms with Crippen molar-refractivity contribution in [2.75, 3.05) is 18.2 Å². The molecule has 0 fully saturated rings. The van der Waals surface area contributed by atoms with Gasteiger partial charge in [-0.3, -0.25) is 0 Å². The maximum Gasteiger partial charge on any atom is 0.149 e. The van der Waals surface area contributed by atoms with Gasteiger partial charge in [0, 0.05) is 11.8 Å². The predicted molar refractivity (Wildman–Crippen MR) is 74.9 cm³/mol. The molecule has 0 amide bonds. The highest BCUT2D eigenvalue weighted by atomic mass is 35.5. The largest absolute Gasteiger partial charge is 0.495 e. The molecule has 1 aromatic carbocycles. The summed E-state index contributed by atoms with van der Waals surface area (Å²) in [6.45, 7) is 0. The molecule has 0 atom stereocenters. The van der Waals surface area contributed by atoms with Gasteiger partial charge in [-0.1, -0.05) is 23.2 Å². The van der Waals surface area contributed by atoms with E-state index in [1.807, 2.05) is 0 Å². The number of halogens is 2. The van der Waals surface area contributed by atoms with E-state index in [2.05, 4.69) is 10.3 Å². The van der Waals surface area contributed by atoms with E-state index in [1.165, 1.54) is 6.20 Å². The van der Waals surface area contributed by atoms with Crippen LogP contribution in [0.1, 0.15) is 0 Å². The third kappa shape index (κ3) is 2.78. The van der Waals surface area contributed by atoms with E-state index in [0.29, 0.717) is 27.3 Å². The number of ether oxygens (including phenoxy) is 1. The highest BCUT2D eigenvalue weighted by Crippen LogP contribution is 2.30. The molecule has 2 aromatic rings. The number of nitrogen functional groups attached to an aromatic ring is 1. The van der Waals surface area contributed by atoms with E-state index in [0.717, 1.165) is 5.69 Å². The smallest absolute Gasteiger partial charge is 0.149 e. The molecule has 0 saturated carbocycles. The first kappa shape index (κ1) is 12.8. The minimum Gasteiger partial charge on any atom is -0.495 e. The van der Waals surface area contributed by atoms with Crippen molar-refractivity contribution in [1.82, 2.24) is 4.98 Å². The molecule has 0 spiro atoms. The number of rotatable bonds is 3. The molecule has 18 heavy (non-hydrogen) atoms. The molecule has 0 saturated heterocycles. The van der Waals surface area contributed by atoms with Crippen LogP contribution in [0.5, 0.6) is 5.75 Å². The first-order chi connectivity index (χ1) is 8.60. The Morgan fingerprint density at radius 2 is 2.00 bits per heavy atom. The number of nitrogens with two attached hydrogens (primary N) is 1. The second-order valence-electron chi connectivity index (χ2n) is 3.57. The van der Waals surface area contributed by atoms with Gasteiger partial charge in [0.25, 0.3) is 0 Å². The first-order valence-electron chi connectivity index (χ1n) is 5.11. The lowest BCUT2D eigenvalue weighted by Gasteiger charge is -2.10. The fraction of sp³-hybridized carbons (Fsp3) is 0.0833. The van der Waals surface area contributed by atoms with Gasteiger partial charge in [-0.25, -0.2) is 4.98 Å². The van der Waals surface area contributed by atoms with Crippen LogP contribution in [0, 0.1) is 0 Å². The zero-order chi connectivity index (χ0) is 13.1. The molecule has 6 heteroatoms. The van der Waals surface area contributed by atoms with Gasteiger partial charge in [-0.2, -0.15) is 0 Å². The fourth-order valence-corrected chi connectivity index (χ4v) is 1.84. The van der Waals surface area contributed by atoms with E-state index in [9.17, 15) is 0 Å². The second kappa shape index (κ2) is 5.33. The van der Waals surface area contributed by atoms with Crippen LogP contribution in [0.3, 0.4) is 0 Å². The summed E-state index contributed by atoms with van der Waals surface area (Å²) < 4.78 is 5.13. The van der Waals surface area contributed by atoms with E-state index in [4.69, 9.17) is 33.7 Å². The number of methoxy groups -OCH3 is 1. The van der Waals surface area contributed by atoms with Crippen LogP contribution in [0.15, 0.2) is 30.5 Å². The van der Waals surface area contributed by atoms with Crippen LogP contribution in [0.2, 0.25) is 10.0 Å². The number of pyridine rings is 1. The van der Waals surface area contributed by atoms with Gasteiger partial charge in [0.15, 0.2) is 0 Å². The lowest BCUT2D eigenvalue weighted by Crippen LogP contribution is -1.96. The van der Waals surface area contributed by atoms with Crippen molar-refractivity contribution in [1.29, 1.82) is 0 Å². The Morgan fingerprint density at radius 1 is 1.22 bits per heavy atom. The van der Waals surface area contributed by atoms with E-state index in [1.54, 1.807) is 31.4 Å². The summed E-state index contributed by atoms with van der Waals surface area (Å²) >= 11 is 12.0. The minimum absolute atomic E-state index is 0.448. The van der Waals surface area contributed by atoms with Crippen LogP contribution >= 0.6 is 23.2 Å². The maximum atomic E-state index is 6.02. The molecule has 0 radical (unpaired) electrons. The molecule has 4 nitrogen and oxygen atoms in total. The molecule has 2 rings (SSSR count). The third-order valence-corrected chi connectivity index (χ3v) is 2.88. The van der Waals surface area contributed by atoms with Crippen molar-refractivity contribution in [3.63, 3.8) is 0 Å². The number of hydrogen-bond acceptors (Lipinski definition) is 4. The third-order valence-electron chi connectivity index (χ3n) is 2.28. The quantitative estimate of drug-likeness (QED) is 0.901. The Bertz CT molecular complexity index is 575. The van der Waals surface area contributed by atoms with Gasteiger partial charge < -0.3 is 15.8 Å². The molecule has 1 heterocycles. The highest BCUT2D eigenvalue weighted by molar-refractivity contribution is 6.33. The van der Waals surface area contributed by atoms with Crippen molar-refractivity contribution in [3.05, 3.63) is 40.5 Å². The highest BCUT2D eigenvalue weighted by Gasteiger charge is 2.06. The molecule has 1 aromatic heterocycles. The molecule has 0 unspecified atom stereocenters. The molecular weight excluding hydrogens is 273 g/mol. The summed E-state index contributed by atoms with van der Waals surface area (Å²) in [5.74, 6) is 1.10. The lowest BCUT2D eigenvalue weighted by molar-refractivity contribution is 0.415. The van der Waals surface area contributed by atoms with Crippen LogP contribution in [-0.2, 0) is 0 Å². The average Bonchev–Trinajstić information content (AvgIpc) is 2.35. The predicted octanol–water partition coefficient (Wildman–Crippen LogP) is 3.72. The van der Waals surface area contributed by atoms with Crippen molar-refractivity contribution < 1.29 is 4.74 Å². The van der Waals surface area contributed by atoms with Crippen molar-refractivity contribution in [3.8, 4) is 5.75 Å². The monoisotopic (exact) mass is 283 g/mol. The first-order valence-corrected chi connectivity index (χ1v) is 5.87. The normalized spacial score (nSPS) is 10.2. The van der Waals surface area contributed by atoms with Gasteiger partial charge in [0.1, 0.15) is 11.6 Å². The minimum atomic E-state index is 0.448. The van der Waals surface area contributed by atoms with Crippen LogP contribution in [0.25, 0.3) is 0 Å². The summed E-state index contributed by atoms with van der Waals surface area (Å²) in [6, 6.07) is 6.92. The zero-order valence-corrected chi connectivity index (χ0v) is 11.1. The van der Waals surface area contributed by atoms with Crippen LogP contribution in [-0.4, -0.2) is 12.1 Å². The Kier molecular flexibility index (Phi) is 3.79. The number of nitrogens with one attached hydrogen (secondary N) is 1. The molecule has 0 aliphatic heterocycles. The number of nitrogens with zero attached hydrogens (tertiary/aromatic N) is 1.